The zero-order valence-corrected chi connectivity index (χ0v) is 10.5. The number of nitrogens with one attached hydrogen (secondary N) is 1. The van der Waals surface area contributed by atoms with Gasteiger partial charge < -0.3 is 5.11 Å². The Labute approximate surface area is 97.5 Å². The molecule has 0 fully saturated rings. The molecule has 0 bridgehead atoms. The molecule has 0 spiro atoms. The van der Waals surface area contributed by atoms with Crippen molar-refractivity contribution in [1.29, 1.82) is 0 Å². The summed E-state index contributed by atoms with van der Waals surface area (Å²) in [7, 11) is -3.52. The summed E-state index contributed by atoms with van der Waals surface area (Å²) in [5.41, 5.74) is 0. The van der Waals surface area contributed by atoms with Gasteiger partial charge in [-0.05, 0) is 25.1 Å². The summed E-state index contributed by atoms with van der Waals surface area (Å²) >= 11 is 3.19. The first-order chi connectivity index (χ1) is 6.92. The van der Waals surface area contributed by atoms with Gasteiger partial charge in [0.15, 0.2) is 0 Å². The third-order valence-corrected chi connectivity index (χ3v) is 3.59. The highest BCUT2D eigenvalue weighted by Gasteiger charge is 2.14. The van der Waals surface area contributed by atoms with Crippen molar-refractivity contribution < 1.29 is 13.5 Å². The maximum atomic E-state index is 11.6. The van der Waals surface area contributed by atoms with Crippen LogP contribution >= 0.6 is 15.9 Å². The first-order valence-electron chi connectivity index (χ1n) is 4.35. The first kappa shape index (κ1) is 12.6. The molecule has 0 saturated heterocycles. The zero-order valence-electron chi connectivity index (χ0n) is 8.14. The van der Waals surface area contributed by atoms with Crippen LogP contribution in [0.1, 0.15) is 6.92 Å². The topological polar surface area (TPSA) is 66.4 Å². The minimum atomic E-state index is -3.52. The van der Waals surface area contributed by atoms with Crippen molar-refractivity contribution in [2.24, 2.45) is 0 Å². The molecule has 6 heteroatoms. The van der Waals surface area contributed by atoms with Crippen LogP contribution in [0.2, 0.25) is 0 Å². The number of hydrogen-bond donors (Lipinski definition) is 2. The van der Waals surface area contributed by atoms with Crippen molar-refractivity contribution in [2.45, 2.75) is 17.9 Å². The summed E-state index contributed by atoms with van der Waals surface area (Å²) in [6, 6.07) is 6.38. The first-order valence-corrected chi connectivity index (χ1v) is 6.63. The van der Waals surface area contributed by atoms with E-state index in [0.717, 1.165) is 0 Å². The van der Waals surface area contributed by atoms with Crippen molar-refractivity contribution in [2.75, 3.05) is 6.54 Å². The lowest BCUT2D eigenvalue weighted by atomic mass is 10.4. The van der Waals surface area contributed by atoms with Crippen molar-refractivity contribution in [3.63, 3.8) is 0 Å². The van der Waals surface area contributed by atoms with Crippen LogP contribution in [0.5, 0.6) is 0 Å². The molecule has 1 aromatic carbocycles. The molecule has 0 aromatic heterocycles. The summed E-state index contributed by atoms with van der Waals surface area (Å²) in [6.07, 6.45) is -0.702. The molecule has 1 aromatic rings. The van der Waals surface area contributed by atoms with Crippen LogP contribution in [-0.2, 0) is 10.0 Å². The van der Waals surface area contributed by atoms with Gasteiger partial charge in [0.05, 0.1) is 11.0 Å². The summed E-state index contributed by atoms with van der Waals surface area (Å²) in [5, 5.41) is 8.98. The van der Waals surface area contributed by atoms with Crippen molar-refractivity contribution in [1.82, 2.24) is 4.72 Å². The molecule has 0 heterocycles. The molecule has 0 aliphatic rings. The lowest BCUT2D eigenvalue weighted by Crippen LogP contribution is -2.30. The van der Waals surface area contributed by atoms with E-state index < -0.39 is 16.1 Å². The average Bonchev–Trinajstić information content (AvgIpc) is 2.15. The molecular formula is C9H12BrNO3S. The van der Waals surface area contributed by atoms with Gasteiger partial charge >= 0.3 is 0 Å². The van der Waals surface area contributed by atoms with Gasteiger partial charge in [0.2, 0.25) is 10.0 Å². The highest BCUT2D eigenvalue weighted by atomic mass is 79.9. The smallest absolute Gasteiger partial charge is 0.240 e. The molecule has 0 aliphatic heterocycles. The number of rotatable bonds is 4. The second-order valence-corrected chi connectivity index (χ2v) is 5.84. The van der Waals surface area contributed by atoms with Gasteiger partial charge in [0, 0.05) is 11.0 Å². The van der Waals surface area contributed by atoms with Crippen LogP contribution in [0.15, 0.2) is 33.6 Å². The zero-order chi connectivity index (χ0) is 11.5. The van der Waals surface area contributed by atoms with Crippen LogP contribution in [0.25, 0.3) is 0 Å². The molecule has 1 atom stereocenters. The van der Waals surface area contributed by atoms with Gasteiger partial charge in [-0.2, -0.15) is 0 Å². The fourth-order valence-electron chi connectivity index (χ4n) is 0.948. The third kappa shape index (κ3) is 3.90. The van der Waals surface area contributed by atoms with Crippen LogP contribution in [0, 0.1) is 0 Å². The Bertz CT molecular complexity index is 431. The fraction of sp³-hybridized carbons (Fsp3) is 0.333. The molecule has 0 unspecified atom stereocenters. The van der Waals surface area contributed by atoms with Crippen molar-refractivity contribution in [3.8, 4) is 0 Å². The molecule has 84 valence electrons. The Kier molecular flexibility index (Phi) is 4.27. The van der Waals surface area contributed by atoms with E-state index in [9.17, 15) is 8.42 Å². The van der Waals surface area contributed by atoms with Gasteiger partial charge in [-0.15, -0.1) is 0 Å². The molecule has 0 aliphatic carbocycles. The van der Waals surface area contributed by atoms with Gasteiger partial charge in [-0.1, -0.05) is 22.0 Å². The van der Waals surface area contributed by atoms with Crippen LogP contribution in [0.4, 0.5) is 0 Å². The lowest BCUT2D eigenvalue weighted by Gasteiger charge is -2.08. The fourth-order valence-corrected chi connectivity index (χ4v) is 2.67. The van der Waals surface area contributed by atoms with Gasteiger partial charge in [-0.3, -0.25) is 0 Å². The van der Waals surface area contributed by atoms with E-state index in [1.165, 1.54) is 19.1 Å². The molecule has 1 rings (SSSR count). The number of halogens is 1. The average molecular weight is 294 g/mol. The van der Waals surface area contributed by atoms with Gasteiger partial charge in [0.1, 0.15) is 0 Å². The number of benzene rings is 1. The van der Waals surface area contributed by atoms with E-state index in [0.29, 0.717) is 4.47 Å². The van der Waals surface area contributed by atoms with Crippen molar-refractivity contribution >= 4 is 26.0 Å². The van der Waals surface area contributed by atoms with E-state index in [1.807, 2.05) is 0 Å². The Hall–Kier alpha value is -0.430. The molecule has 0 saturated carbocycles. The van der Waals surface area contributed by atoms with Crippen molar-refractivity contribution in [3.05, 3.63) is 28.7 Å². The Balaban J connectivity index is 2.87. The maximum absolute atomic E-state index is 11.6. The predicted molar refractivity (Wildman–Crippen MR) is 61.0 cm³/mol. The monoisotopic (exact) mass is 293 g/mol. The van der Waals surface area contributed by atoms with Crippen LogP contribution in [0.3, 0.4) is 0 Å². The molecular weight excluding hydrogens is 282 g/mol. The summed E-state index contributed by atoms with van der Waals surface area (Å²) in [4.78, 5) is 0.178. The molecule has 4 nitrogen and oxygen atoms in total. The van der Waals surface area contributed by atoms with Gasteiger partial charge in [0.25, 0.3) is 0 Å². The predicted octanol–water partition coefficient (Wildman–Crippen LogP) is 1.11. The van der Waals surface area contributed by atoms with E-state index in [1.54, 1.807) is 12.1 Å². The Morgan fingerprint density at radius 3 is 2.73 bits per heavy atom. The number of hydrogen-bond acceptors (Lipinski definition) is 3. The summed E-state index contributed by atoms with van der Waals surface area (Å²) < 4.78 is 26.3. The number of aliphatic hydroxyl groups is 1. The van der Waals surface area contributed by atoms with E-state index in [4.69, 9.17) is 5.11 Å². The van der Waals surface area contributed by atoms with E-state index >= 15 is 0 Å². The highest BCUT2D eigenvalue weighted by molar-refractivity contribution is 9.10. The second kappa shape index (κ2) is 5.07. The lowest BCUT2D eigenvalue weighted by molar-refractivity contribution is 0.198. The Morgan fingerprint density at radius 2 is 2.20 bits per heavy atom. The van der Waals surface area contributed by atoms with E-state index in [-0.39, 0.29) is 11.4 Å². The molecule has 15 heavy (non-hydrogen) atoms. The normalized spacial score (nSPS) is 13.8. The minimum Gasteiger partial charge on any atom is -0.392 e. The van der Waals surface area contributed by atoms with Crippen LogP contribution in [-0.4, -0.2) is 26.2 Å². The minimum absolute atomic E-state index is 0.00878. The summed E-state index contributed by atoms with van der Waals surface area (Å²) in [5.74, 6) is 0. The van der Waals surface area contributed by atoms with Crippen LogP contribution < -0.4 is 4.72 Å². The maximum Gasteiger partial charge on any atom is 0.240 e. The number of sulfonamides is 1. The van der Waals surface area contributed by atoms with Gasteiger partial charge in [-0.25, -0.2) is 13.1 Å². The molecule has 0 radical (unpaired) electrons. The quantitative estimate of drug-likeness (QED) is 0.874. The Morgan fingerprint density at radius 1 is 1.53 bits per heavy atom. The molecule has 0 amide bonds. The second-order valence-electron chi connectivity index (χ2n) is 3.16. The highest BCUT2D eigenvalue weighted by Crippen LogP contribution is 2.15. The molecule has 2 N–H and O–H groups in total. The number of aliphatic hydroxyl groups excluding tert-OH is 1. The largest absolute Gasteiger partial charge is 0.392 e. The standard InChI is InChI=1S/C9H12BrNO3S/c1-7(12)6-11-15(13,14)9-4-2-3-8(10)5-9/h2-5,7,11-12H,6H2,1H3/t7-/m1/s1. The summed E-state index contributed by atoms with van der Waals surface area (Å²) in [6.45, 7) is 1.53. The third-order valence-electron chi connectivity index (χ3n) is 1.68. The SMILES string of the molecule is C[C@@H](O)CNS(=O)(=O)c1cccc(Br)c1. The van der Waals surface area contributed by atoms with E-state index in [2.05, 4.69) is 20.7 Å².